The second-order valence-corrected chi connectivity index (χ2v) is 6.56. The molecule has 2 N–H and O–H groups in total. The average Bonchev–Trinajstić information content (AvgIpc) is 3.01. The van der Waals surface area contributed by atoms with Gasteiger partial charge in [0, 0.05) is 22.9 Å². The normalized spacial score (nSPS) is 14.0. The van der Waals surface area contributed by atoms with Crippen LogP contribution in [0.4, 0.5) is 16.2 Å². The van der Waals surface area contributed by atoms with Gasteiger partial charge in [0.25, 0.3) is 0 Å². The molecule has 25 heavy (non-hydrogen) atoms. The molecule has 5 nitrogen and oxygen atoms in total. The predicted octanol–water partition coefficient (Wildman–Crippen LogP) is 3.75. The van der Waals surface area contributed by atoms with Gasteiger partial charge < -0.3 is 15.5 Å². The summed E-state index contributed by atoms with van der Waals surface area (Å²) in [6, 6.07) is 12.0. The first kappa shape index (κ1) is 17.3. The zero-order chi connectivity index (χ0) is 18.0. The Morgan fingerprint density at radius 3 is 2.72 bits per heavy atom. The van der Waals surface area contributed by atoms with Gasteiger partial charge in [-0.3, -0.25) is 4.79 Å². The van der Waals surface area contributed by atoms with E-state index in [-0.39, 0.29) is 5.91 Å². The van der Waals surface area contributed by atoms with Gasteiger partial charge in [-0.15, -0.1) is 0 Å². The van der Waals surface area contributed by atoms with Crippen LogP contribution in [0.15, 0.2) is 42.5 Å². The van der Waals surface area contributed by atoms with Crippen LogP contribution in [-0.4, -0.2) is 24.5 Å². The summed E-state index contributed by atoms with van der Waals surface area (Å²) in [5.41, 5.74) is 3.59. The topological polar surface area (TPSA) is 61.4 Å². The third-order valence-corrected chi connectivity index (χ3v) is 4.71. The van der Waals surface area contributed by atoms with Gasteiger partial charge in [-0.2, -0.15) is 0 Å². The maximum absolute atomic E-state index is 12.7. The fraction of sp³-hybridized carbons (Fsp3) is 0.263. The van der Waals surface area contributed by atoms with Crippen LogP contribution in [0.3, 0.4) is 0 Å². The molecule has 2 aromatic rings. The number of urea groups is 1. The highest BCUT2D eigenvalue weighted by Gasteiger charge is 2.28. The largest absolute Gasteiger partial charge is 0.326 e. The van der Waals surface area contributed by atoms with Crippen LogP contribution >= 0.6 is 11.6 Å². The van der Waals surface area contributed by atoms with E-state index in [1.54, 1.807) is 24.0 Å². The van der Waals surface area contributed by atoms with E-state index < -0.39 is 12.1 Å². The van der Waals surface area contributed by atoms with Crippen molar-refractivity contribution in [3.63, 3.8) is 0 Å². The minimum atomic E-state index is -0.632. The number of hydrogen-bond acceptors (Lipinski definition) is 2. The summed E-state index contributed by atoms with van der Waals surface area (Å²) in [5.74, 6) is -0.123. The Labute approximate surface area is 152 Å². The molecule has 1 aliphatic rings. The molecule has 3 rings (SSSR count). The second kappa shape index (κ2) is 7.15. The maximum Gasteiger partial charge on any atom is 0.319 e. The fourth-order valence-corrected chi connectivity index (χ4v) is 3.08. The van der Waals surface area contributed by atoms with E-state index in [0.29, 0.717) is 17.3 Å². The highest BCUT2D eigenvalue weighted by atomic mass is 35.5. The molecule has 1 atom stereocenters. The Hall–Kier alpha value is -2.53. The van der Waals surface area contributed by atoms with Gasteiger partial charge in [0.15, 0.2) is 0 Å². The molecule has 0 saturated carbocycles. The van der Waals surface area contributed by atoms with Crippen LogP contribution in [0.25, 0.3) is 0 Å². The van der Waals surface area contributed by atoms with E-state index in [4.69, 9.17) is 11.6 Å². The molecule has 0 aliphatic carbocycles. The summed E-state index contributed by atoms with van der Waals surface area (Å²) >= 11 is 6.05. The van der Waals surface area contributed by atoms with Crippen molar-refractivity contribution >= 4 is 34.9 Å². The molecule has 6 heteroatoms. The summed E-state index contributed by atoms with van der Waals surface area (Å²) in [6.07, 6.45) is 0.836. The molecule has 1 unspecified atom stereocenters. The van der Waals surface area contributed by atoms with Crippen LogP contribution in [0.5, 0.6) is 0 Å². The lowest BCUT2D eigenvalue weighted by atomic mass is 10.2. The minimum Gasteiger partial charge on any atom is -0.326 e. The SMILES string of the molecule is Cc1ccc(NC(=O)NC(C)C(=O)N2CCc3ccccc32)cc1Cl. The van der Waals surface area contributed by atoms with E-state index in [0.717, 1.165) is 23.2 Å². The van der Waals surface area contributed by atoms with Crippen LogP contribution in [0.2, 0.25) is 5.02 Å². The first-order valence-corrected chi connectivity index (χ1v) is 8.56. The number of para-hydroxylation sites is 1. The van der Waals surface area contributed by atoms with Crippen molar-refractivity contribution in [2.24, 2.45) is 0 Å². The van der Waals surface area contributed by atoms with Crippen molar-refractivity contribution in [1.82, 2.24) is 5.32 Å². The average molecular weight is 358 g/mol. The monoisotopic (exact) mass is 357 g/mol. The smallest absolute Gasteiger partial charge is 0.319 e. The molecule has 3 amide bonds. The summed E-state index contributed by atoms with van der Waals surface area (Å²) in [4.78, 5) is 26.5. The highest BCUT2D eigenvalue weighted by molar-refractivity contribution is 6.31. The molecule has 0 fully saturated rings. The van der Waals surface area contributed by atoms with Gasteiger partial charge in [0.2, 0.25) is 5.91 Å². The fourth-order valence-electron chi connectivity index (χ4n) is 2.90. The molecule has 0 aromatic heterocycles. The number of benzene rings is 2. The van der Waals surface area contributed by atoms with Crippen LogP contribution in [0.1, 0.15) is 18.1 Å². The Kier molecular flexibility index (Phi) is 4.95. The van der Waals surface area contributed by atoms with Crippen molar-refractivity contribution in [2.75, 3.05) is 16.8 Å². The van der Waals surface area contributed by atoms with Crippen molar-refractivity contribution in [3.8, 4) is 0 Å². The number of nitrogens with one attached hydrogen (secondary N) is 2. The first-order valence-electron chi connectivity index (χ1n) is 8.18. The Balaban J connectivity index is 1.62. The van der Waals surface area contributed by atoms with Crippen molar-refractivity contribution in [2.45, 2.75) is 26.3 Å². The standard InChI is InChI=1S/C19H20ClN3O2/c1-12-7-8-15(11-16(12)20)22-19(25)21-13(2)18(24)23-10-9-14-5-3-4-6-17(14)23/h3-8,11,13H,9-10H2,1-2H3,(H2,21,22,25). The number of fused-ring (bicyclic) bond motifs is 1. The number of amides is 3. The number of carbonyl (C=O) groups excluding carboxylic acids is 2. The lowest BCUT2D eigenvalue weighted by Crippen LogP contribution is -2.47. The molecule has 0 radical (unpaired) electrons. The number of rotatable bonds is 3. The van der Waals surface area contributed by atoms with Crippen LogP contribution in [-0.2, 0) is 11.2 Å². The van der Waals surface area contributed by atoms with Crippen LogP contribution < -0.4 is 15.5 Å². The van der Waals surface area contributed by atoms with Crippen molar-refractivity contribution < 1.29 is 9.59 Å². The molecule has 1 heterocycles. The molecule has 0 bridgehead atoms. The Morgan fingerprint density at radius 1 is 1.20 bits per heavy atom. The Bertz CT molecular complexity index is 822. The highest BCUT2D eigenvalue weighted by Crippen LogP contribution is 2.27. The van der Waals surface area contributed by atoms with Crippen LogP contribution in [0, 0.1) is 6.92 Å². The molecule has 2 aromatic carbocycles. The second-order valence-electron chi connectivity index (χ2n) is 6.15. The third kappa shape index (κ3) is 3.77. The van der Waals surface area contributed by atoms with Gasteiger partial charge in [-0.1, -0.05) is 35.9 Å². The maximum atomic E-state index is 12.7. The first-order chi connectivity index (χ1) is 12.0. The number of halogens is 1. The Morgan fingerprint density at radius 2 is 1.96 bits per heavy atom. The van der Waals surface area contributed by atoms with Gasteiger partial charge in [0.05, 0.1) is 0 Å². The van der Waals surface area contributed by atoms with E-state index >= 15 is 0 Å². The van der Waals surface area contributed by atoms with Gasteiger partial charge in [-0.25, -0.2) is 4.79 Å². The van der Waals surface area contributed by atoms with Gasteiger partial charge >= 0.3 is 6.03 Å². The number of anilines is 2. The number of nitrogens with zero attached hydrogens (tertiary/aromatic N) is 1. The van der Waals surface area contributed by atoms with Gasteiger partial charge in [-0.05, 0) is 49.6 Å². The summed E-state index contributed by atoms with van der Waals surface area (Å²) < 4.78 is 0. The zero-order valence-corrected chi connectivity index (χ0v) is 14.9. The van der Waals surface area contributed by atoms with E-state index in [2.05, 4.69) is 10.6 Å². The predicted molar refractivity (Wildman–Crippen MR) is 100 cm³/mol. The van der Waals surface area contributed by atoms with E-state index in [1.165, 1.54) is 0 Å². The lowest BCUT2D eigenvalue weighted by Gasteiger charge is -2.22. The number of aryl methyl sites for hydroxylation is 1. The molecular formula is C19H20ClN3O2. The van der Waals surface area contributed by atoms with E-state index in [1.807, 2.05) is 37.3 Å². The number of hydrogen-bond donors (Lipinski definition) is 2. The minimum absolute atomic E-state index is 0.123. The third-order valence-electron chi connectivity index (χ3n) is 4.30. The zero-order valence-electron chi connectivity index (χ0n) is 14.2. The molecule has 0 saturated heterocycles. The quantitative estimate of drug-likeness (QED) is 0.878. The summed E-state index contributed by atoms with van der Waals surface area (Å²) in [7, 11) is 0. The molecule has 1 aliphatic heterocycles. The van der Waals surface area contributed by atoms with E-state index in [9.17, 15) is 9.59 Å². The molecule has 130 valence electrons. The summed E-state index contributed by atoms with van der Waals surface area (Å²) in [5, 5.41) is 5.97. The van der Waals surface area contributed by atoms with Crippen molar-refractivity contribution in [3.05, 3.63) is 58.6 Å². The summed E-state index contributed by atoms with van der Waals surface area (Å²) in [6.45, 7) is 4.21. The molecule has 0 spiro atoms. The van der Waals surface area contributed by atoms with Crippen molar-refractivity contribution in [1.29, 1.82) is 0 Å². The van der Waals surface area contributed by atoms with Gasteiger partial charge in [0.1, 0.15) is 6.04 Å². The number of carbonyl (C=O) groups is 2. The molecular weight excluding hydrogens is 338 g/mol. The lowest BCUT2D eigenvalue weighted by molar-refractivity contribution is -0.119.